The van der Waals surface area contributed by atoms with E-state index in [-0.39, 0.29) is 49.7 Å². The van der Waals surface area contributed by atoms with E-state index in [1.54, 1.807) is 0 Å². The Morgan fingerprint density at radius 3 is 1.08 bits per heavy atom. The normalized spacial score (nSPS) is 6.83. The SMILES string of the molecule is N.O=C([O-])[O-].O=S(=O)([O-])[O-].[Al+3].[Zr+4]. The molecule has 0 aliphatic carbocycles. The number of carbonyl (C=O) groups is 1. The van der Waals surface area contributed by atoms with Crippen LogP contribution in [0.1, 0.15) is 0 Å². The number of rotatable bonds is 0. The van der Waals surface area contributed by atoms with Crippen LogP contribution in [0.15, 0.2) is 0 Å². The van der Waals surface area contributed by atoms with Crippen molar-refractivity contribution in [2.24, 2.45) is 0 Å². The topological polar surface area (TPSA) is 178 Å². The van der Waals surface area contributed by atoms with E-state index >= 15 is 0 Å². The van der Waals surface area contributed by atoms with Crippen molar-refractivity contribution in [1.82, 2.24) is 6.15 Å². The number of hydrogen-bond acceptors (Lipinski definition) is 8. The molecule has 0 aliphatic heterocycles. The van der Waals surface area contributed by atoms with Gasteiger partial charge in [0.15, 0.2) is 0 Å². The van der Waals surface area contributed by atoms with Gasteiger partial charge in [-0.05, 0) is 6.16 Å². The van der Waals surface area contributed by atoms with Crippen molar-refractivity contribution in [2.75, 3.05) is 0 Å². The summed E-state index contributed by atoms with van der Waals surface area (Å²) in [5.74, 6) is 0. The maximum Gasteiger partial charge on any atom is 4.00 e. The first-order chi connectivity index (χ1) is 3.73. The molecule has 0 heterocycles. The van der Waals surface area contributed by atoms with Crippen LogP contribution in [0.4, 0.5) is 4.79 Å². The predicted octanol–water partition coefficient (Wildman–Crippen LogP) is -4.01. The van der Waals surface area contributed by atoms with E-state index in [4.69, 9.17) is 32.5 Å². The summed E-state index contributed by atoms with van der Waals surface area (Å²) < 4.78 is 34.1. The number of carboxylic acid groups (broad SMARTS) is 2. The summed E-state index contributed by atoms with van der Waals surface area (Å²) in [6.07, 6.45) is -2.33. The van der Waals surface area contributed by atoms with Crippen molar-refractivity contribution < 1.29 is 58.7 Å². The van der Waals surface area contributed by atoms with Crippen LogP contribution in [0.2, 0.25) is 0 Å². The van der Waals surface area contributed by atoms with Crippen LogP contribution in [-0.2, 0) is 36.6 Å². The average molecular weight is 291 g/mol. The summed E-state index contributed by atoms with van der Waals surface area (Å²) in [5.41, 5.74) is 0. The Hall–Kier alpha value is 0.516. The molecule has 0 unspecified atom stereocenters. The third kappa shape index (κ3) is 3580. The standard InChI is InChI=1S/CH2O3.Al.H3N.H2O4S.Zr/c2-1(3)4;;;1-5(2,3)4;/h(H2,2,3,4);;1H3;(H2,1,2,3,4);/q;+3;;;+4/p-4. The monoisotopic (exact) mass is 290 g/mol. The summed E-state index contributed by atoms with van der Waals surface area (Å²) in [4.78, 5) is 8.33. The molecule has 11 heteroatoms. The molecule has 3 N–H and O–H groups in total. The second-order valence-electron chi connectivity index (χ2n) is 0.658. The van der Waals surface area contributed by atoms with E-state index < -0.39 is 16.6 Å². The smallest absolute Gasteiger partial charge is 0.759 e. The molecule has 0 aromatic heterocycles. The molecule has 64 valence electrons. The minimum Gasteiger partial charge on any atom is -0.759 e. The zero-order valence-electron chi connectivity index (χ0n) is 5.55. The fourth-order valence-corrected chi connectivity index (χ4v) is 0. The van der Waals surface area contributed by atoms with Crippen LogP contribution in [0, 0.1) is 0 Å². The Labute approximate surface area is 98.4 Å². The van der Waals surface area contributed by atoms with E-state index in [0.29, 0.717) is 0 Å². The number of hydrogen-bond donors (Lipinski definition) is 1. The molecular weight excluding hydrogens is 288 g/mol. The molecule has 0 fully saturated rings. The second kappa shape index (κ2) is 14.1. The molecule has 0 saturated carbocycles. The first kappa shape index (κ1) is 29.4. The fourth-order valence-electron chi connectivity index (χ4n) is 0. The number of carbonyl (C=O) groups excluding carboxylic acids is 1. The van der Waals surface area contributed by atoms with E-state index in [9.17, 15) is 0 Å². The summed E-state index contributed by atoms with van der Waals surface area (Å²) in [6.45, 7) is 0. The molecule has 0 spiro atoms. The second-order valence-corrected chi connectivity index (χ2v) is 1.47. The van der Waals surface area contributed by atoms with Gasteiger partial charge in [-0.25, -0.2) is 0 Å². The molecule has 8 nitrogen and oxygen atoms in total. The van der Waals surface area contributed by atoms with Gasteiger partial charge in [0.1, 0.15) is 0 Å². The Bertz CT molecular complexity index is 166. The van der Waals surface area contributed by atoms with Crippen molar-refractivity contribution in [2.45, 2.75) is 0 Å². The summed E-state index contributed by atoms with van der Waals surface area (Å²) >= 11 is 0. The maximum absolute atomic E-state index is 8.52. The van der Waals surface area contributed by atoms with Gasteiger partial charge >= 0.3 is 43.6 Å². The van der Waals surface area contributed by atoms with Gasteiger partial charge in [0.2, 0.25) is 0 Å². The summed E-state index contributed by atoms with van der Waals surface area (Å²) in [5, 5.41) is 16.7. The Kier molecular flexibility index (Phi) is 34.4. The van der Waals surface area contributed by atoms with E-state index in [2.05, 4.69) is 0 Å². The van der Waals surface area contributed by atoms with Crippen LogP contribution in [0.5, 0.6) is 0 Å². The van der Waals surface area contributed by atoms with Gasteiger partial charge in [-0.2, -0.15) is 0 Å². The Balaban J connectivity index is -0.0000000221. The molecule has 0 aromatic rings. The van der Waals surface area contributed by atoms with Crippen molar-refractivity contribution >= 4 is 33.9 Å². The van der Waals surface area contributed by atoms with E-state index in [1.165, 1.54) is 0 Å². The van der Waals surface area contributed by atoms with Crippen LogP contribution in [-0.4, -0.2) is 41.0 Å². The minimum absolute atomic E-state index is 0. The van der Waals surface area contributed by atoms with Crippen LogP contribution >= 0.6 is 0 Å². The van der Waals surface area contributed by atoms with Gasteiger partial charge in [0, 0.05) is 10.4 Å². The molecule has 12 heavy (non-hydrogen) atoms. The van der Waals surface area contributed by atoms with Crippen molar-refractivity contribution in [3.05, 3.63) is 0 Å². The molecule has 0 radical (unpaired) electrons. The quantitative estimate of drug-likeness (QED) is 0.266. The molecule has 0 rings (SSSR count). The third-order valence-electron chi connectivity index (χ3n) is 0. The van der Waals surface area contributed by atoms with Crippen molar-refractivity contribution in [3.63, 3.8) is 0 Å². The molecule has 0 amide bonds. The van der Waals surface area contributed by atoms with Crippen LogP contribution < -0.4 is 16.4 Å². The zero-order valence-corrected chi connectivity index (χ0v) is 9.98. The maximum atomic E-state index is 8.52. The molecule has 0 atom stereocenters. The summed E-state index contributed by atoms with van der Waals surface area (Å²) in [6, 6.07) is 0. The third-order valence-corrected chi connectivity index (χ3v) is 0. The van der Waals surface area contributed by atoms with Gasteiger partial charge in [0.05, 0.1) is 0 Å². The van der Waals surface area contributed by atoms with Crippen LogP contribution in [0.25, 0.3) is 0 Å². The Morgan fingerprint density at radius 1 is 1.08 bits per heavy atom. The minimum atomic E-state index is -5.17. The Morgan fingerprint density at radius 2 is 1.08 bits per heavy atom. The fraction of sp³-hybridized carbons (Fsp3) is 0. The van der Waals surface area contributed by atoms with Gasteiger partial charge < -0.3 is 30.3 Å². The van der Waals surface area contributed by atoms with Gasteiger partial charge in [-0.1, -0.05) is 0 Å². The van der Waals surface area contributed by atoms with Gasteiger partial charge in [-0.15, -0.1) is 0 Å². The first-order valence-corrected chi connectivity index (χ1v) is 2.61. The van der Waals surface area contributed by atoms with Crippen molar-refractivity contribution in [3.8, 4) is 0 Å². The van der Waals surface area contributed by atoms with Gasteiger partial charge in [-0.3, -0.25) is 8.42 Å². The predicted molar refractivity (Wildman–Crippen MR) is 26.6 cm³/mol. The molecule has 0 aromatic carbocycles. The average Bonchev–Trinajstić information content (AvgIpc) is 1.19. The summed E-state index contributed by atoms with van der Waals surface area (Å²) in [7, 11) is -5.17. The molecule has 0 bridgehead atoms. The van der Waals surface area contributed by atoms with E-state index in [1.807, 2.05) is 0 Å². The molecule has 0 saturated heterocycles. The molecular formula is CH3AlNO7SZr+3. The molecule has 0 aliphatic rings. The first-order valence-electron chi connectivity index (χ1n) is 1.28. The zero-order chi connectivity index (χ0) is 8.08. The van der Waals surface area contributed by atoms with Crippen molar-refractivity contribution in [1.29, 1.82) is 0 Å². The van der Waals surface area contributed by atoms with E-state index in [0.717, 1.165) is 0 Å². The van der Waals surface area contributed by atoms with Gasteiger partial charge in [0.25, 0.3) is 0 Å². The van der Waals surface area contributed by atoms with Crippen LogP contribution in [0.3, 0.4) is 0 Å². The largest absolute Gasteiger partial charge is 4.00 e.